The first-order chi connectivity index (χ1) is 4.97. The Bertz CT molecular complexity index is 212. The summed E-state index contributed by atoms with van der Waals surface area (Å²) in [5, 5.41) is 6.54. The highest BCUT2D eigenvalue weighted by atomic mass is 31.1. The number of nitrogens with one attached hydrogen (secondary N) is 2. The topological polar surface area (TPSA) is 24.1 Å². The summed E-state index contributed by atoms with van der Waals surface area (Å²) in [5.74, 6) is 0. The van der Waals surface area contributed by atoms with Crippen LogP contribution in [-0.2, 0) is 6.54 Å². The van der Waals surface area contributed by atoms with Crippen molar-refractivity contribution in [3.05, 3.63) is 29.8 Å². The van der Waals surface area contributed by atoms with Gasteiger partial charge in [0.2, 0.25) is 0 Å². The second kappa shape index (κ2) is 2.57. The Kier molecular flexibility index (Phi) is 1.58. The Morgan fingerprint density at radius 1 is 1.30 bits per heavy atom. The molecule has 0 saturated heterocycles. The Morgan fingerprint density at radius 2 is 2.20 bits per heavy atom. The highest BCUT2D eigenvalue weighted by Gasteiger charge is 2.04. The molecule has 1 aromatic rings. The maximum atomic E-state index is 3.28. The second-order valence-electron chi connectivity index (χ2n) is 2.26. The third kappa shape index (κ3) is 1.00. The van der Waals surface area contributed by atoms with E-state index in [0.717, 1.165) is 6.54 Å². The fraction of sp³-hybridized carbons (Fsp3) is 0.143. The van der Waals surface area contributed by atoms with Crippen molar-refractivity contribution in [1.82, 2.24) is 5.09 Å². The van der Waals surface area contributed by atoms with Gasteiger partial charge in [-0.15, -0.1) is 0 Å². The first-order valence-electron chi connectivity index (χ1n) is 3.28. The molecule has 0 saturated carbocycles. The molecule has 2 nitrogen and oxygen atoms in total. The molecule has 0 amide bonds. The number of anilines is 1. The van der Waals surface area contributed by atoms with Gasteiger partial charge in [-0.25, -0.2) is 0 Å². The molecule has 1 unspecified atom stereocenters. The van der Waals surface area contributed by atoms with E-state index < -0.39 is 0 Å². The molecular weight excluding hydrogens is 143 g/mol. The molecule has 2 rings (SSSR count). The molecule has 2 N–H and O–H groups in total. The van der Waals surface area contributed by atoms with Gasteiger partial charge in [0.1, 0.15) is 0 Å². The Balaban J connectivity index is 2.41. The van der Waals surface area contributed by atoms with Crippen LogP contribution in [-0.4, -0.2) is 0 Å². The number of benzene rings is 1. The Morgan fingerprint density at radius 3 is 3.10 bits per heavy atom. The lowest BCUT2D eigenvalue weighted by molar-refractivity contribution is 0.960. The third-order valence-electron chi connectivity index (χ3n) is 1.58. The second-order valence-corrected chi connectivity index (χ2v) is 3.11. The normalized spacial score (nSPS) is 18.0. The number of hydrogen-bond acceptors (Lipinski definition) is 2. The van der Waals surface area contributed by atoms with Gasteiger partial charge >= 0.3 is 0 Å². The van der Waals surface area contributed by atoms with Crippen molar-refractivity contribution in [2.75, 3.05) is 5.09 Å². The molecule has 52 valence electrons. The predicted octanol–water partition coefficient (Wildman–Crippen LogP) is 1.71. The summed E-state index contributed by atoms with van der Waals surface area (Å²) < 4.78 is 0. The van der Waals surface area contributed by atoms with Gasteiger partial charge in [0.15, 0.2) is 0 Å². The van der Waals surface area contributed by atoms with Crippen LogP contribution in [0.2, 0.25) is 0 Å². The van der Waals surface area contributed by atoms with E-state index >= 15 is 0 Å². The van der Waals surface area contributed by atoms with E-state index in [1.54, 1.807) is 0 Å². The van der Waals surface area contributed by atoms with Crippen LogP contribution in [0, 0.1) is 0 Å². The molecule has 1 aromatic carbocycles. The fourth-order valence-corrected chi connectivity index (χ4v) is 1.79. The first kappa shape index (κ1) is 6.14. The fourth-order valence-electron chi connectivity index (χ4n) is 1.05. The van der Waals surface area contributed by atoms with Crippen LogP contribution < -0.4 is 10.2 Å². The average Bonchev–Trinajstić information content (AvgIpc) is 2.05. The van der Waals surface area contributed by atoms with Crippen LogP contribution in [0.4, 0.5) is 5.69 Å². The maximum Gasteiger partial charge on any atom is 0.0465 e. The molecule has 1 aliphatic heterocycles. The average molecular weight is 152 g/mol. The smallest absolute Gasteiger partial charge is 0.0465 e. The SMILES string of the molecule is c1ccc2c(c1)CNPN2. The van der Waals surface area contributed by atoms with Crippen molar-refractivity contribution >= 4 is 14.6 Å². The minimum atomic E-state index is 0.669. The standard InChI is InChI=1S/C7H9N2P/c1-2-4-7-6(3-1)5-8-10-9-7/h1-4,8-10H,5H2. The van der Waals surface area contributed by atoms with Gasteiger partial charge in [0, 0.05) is 21.1 Å². The zero-order chi connectivity index (χ0) is 6.81. The van der Waals surface area contributed by atoms with Gasteiger partial charge in [-0.05, 0) is 11.6 Å². The molecule has 0 bridgehead atoms. The summed E-state index contributed by atoms with van der Waals surface area (Å²) in [7, 11) is 0.669. The summed E-state index contributed by atoms with van der Waals surface area (Å²) in [6.45, 7) is 1.00. The number of hydrogen-bond donors (Lipinski definition) is 2. The molecule has 3 heteroatoms. The van der Waals surface area contributed by atoms with E-state index in [2.05, 4.69) is 34.4 Å². The molecule has 0 aliphatic carbocycles. The van der Waals surface area contributed by atoms with E-state index in [-0.39, 0.29) is 0 Å². The quantitative estimate of drug-likeness (QED) is 0.553. The van der Waals surface area contributed by atoms with Gasteiger partial charge < -0.3 is 5.09 Å². The Labute approximate surface area is 61.9 Å². The van der Waals surface area contributed by atoms with E-state index in [1.165, 1.54) is 11.3 Å². The lowest BCUT2D eigenvalue weighted by atomic mass is 10.2. The van der Waals surface area contributed by atoms with Crippen molar-refractivity contribution < 1.29 is 0 Å². The molecule has 0 spiro atoms. The molecule has 0 fully saturated rings. The monoisotopic (exact) mass is 152 g/mol. The van der Waals surface area contributed by atoms with Gasteiger partial charge in [0.25, 0.3) is 0 Å². The van der Waals surface area contributed by atoms with Crippen LogP contribution >= 0.6 is 8.88 Å². The van der Waals surface area contributed by atoms with E-state index in [0.29, 0.717) is 8.88 Å². The van der Waals surface area contributed by atoms with E-state index in [9.17, 15) is 0 Å². The molecule has 1 aliphatic rings. The largest absolute Gasteiger partial charge is 0.354 e. The van der Waals surface area contributed by atoms with Crippen molar-refractivity contribution in [3.63, 3.8) is 0 Å². The zero-order valence-corrected chi connectivity index (χ0v) is 6.52. The maximum absolute atomic E-state index is 3.28. The minimum absolute atomic E-state index is 0.669. The van der Waals surface area contributed by atoms with Crippen molar-refractivity contribution in [1.29, 1.82) is 0 Å². The van der Waals surface area contributed by atoms with Gasteiger partial charge in [-0.3, -0.25) is 5.09 Å². The van der Waals surface area contributed by atoms with Crippen molar-refractivity contribution in [2.45, 2.75) is 6.54 Å². The highest BCUT2D eigenvalue weighted by Crippen LogP contribution is 2.24. The number of fused-ring (bicyclic) bond motifs is 1. The zero-order valence-electron chi connectivity index (χ0n) is 5.52. The molecule has 10 heavy (non-hydrogen) atoms. The van der Waals surface area contributed by atoms with Gasteiger partial charge in [0.05, 0.1) is 0 Å². The van der Waals surface area contributed by atoms with Gasteiger partial charge in [-0.2, -0.15) is 0 Å². The lowest BCUT2D eigenvalue weighted by Gasteiger charge is -2.17. The minimum Gasteiger partial charge on any atom is -0.354 e. The molecular formula is C7H9N2P. The summed E-state index contributed by atoms with van der Waals surface area (Å²) in [6.07, 6.45) is 0. The molecule has 0 radical (unpaired) electrons. The summed E-state index contributed by atoms with van der Waals surface area (Å²) in [5.41, 5.74) is 2.64. The third-order valence-corrected chi connectivity index (χ3v) is 2.33. The van der Waals surface area contributed by atoms with Crippen LogP contribution in [0.1, 0.15) is 5.56 Å². The number of rotatable bonds is 0. The van der Waals surface area contributed by atoms with Crippen molar-refractivity contribution in [2.24, 2.45) is 0 Å². The summed E-state index contributed by atoms with van der Waals surface area (Å²) >= 11 is 0. The van der Waals surface area contributed by atoms with E-state index in [1.807, 2.05) is 0 Å². The molecule has 1 atom stereocenters. The summed E-state index contributed by atoms with van der Waals surface area (Å²) in [4.78, 5) is 0. The number of para-hydroxylation sites is 1. The lowest BCUT2D eigenvalue weighted by Crippen LogP contribution is -2.11. The highest BCUT2D eigenvalue weighted by molar-refractivity contribution is 7.37. The van der Waals surface area contributed by atoms with Crippen LogP contribution in [0.3, 0.4) is 0 Å². The van der Waals surface area contributed by atoms with Crippen LogP contribution in [0.15, 0.2) is 24.3 Å². The van der Waals surface area contributed by atoms with Crippen LogP contribution in [0.5, 0.6) is 0 Å². The molecule has 1 heterocycles. The van der Waals surface area contributed by atoms with Crippen LogP contribution in [0.25, 0.3) is 0 Å². The van der Waals surface area contributed by atoms with E-state index in [4.69, 9.17) is 0 Å². The Hall–Kier alpha value is -0.590. The predicted molar refractivity (Wildman–Crippen MR) is 45.2 cm³/mol. The molecule has 0 aromatic heterocycles. The van der Waals surface area contributed by atoms with Gasteiger partial charge in [-0.1, -0.05) is 18.2 Å². The van der Waals surface area contributed by atoms with Crippen molar-refractivity contribution in [3.8, 4) is 0 Å². The first-order valence-corrected chi connectivity index (χ1v) is 4.28. The summed E-state index contributed by atoms with van der Waals surface area (Å²) in [6, 6.07) is 8.38.